The Kier molecular flexibility index (Phi) is 2.60. The van der Waals surface area contributed by atoms with Crippen molar-refractivity contribution in [3.8, 4) is 12.3 Å². The van der Waals surface area contributed by atoms with E-state index in [9.17, 15) is 4.79 Å². The van der Waals surface area contributed by atoms with Gasteiger partial charge in [-0.1, -0.05) is 5.92 Å². The molecule has 88 valence electrons. The first-order chi connectivity index (χ1) is 8.06. The molecular weight excluding hydrogens is 218 g/mol. The van der Waals surface area contributed by atoms with E-state index in [0.29, 0.717) is 0 Å². The van der Waals surface area contributed by atoms with Crippen molar-refractivity contribution in [1.29, 1.82) is 0 Å². The lowest BCUT2D eigenvalue weighted by Crippen LogP contribution is -2.33. The highest BCUT2D eigenvalue weighted by Gasteiger charge is 2.35. The maximum absolute atomic E-state index is 11.6. The molecule has 2 rings (SSSR count). The predicted molar refractivity (Wildman–Crippen MR) is 63.2 cm³/mol. The smallest absolute Gasteiger partial charge is 0.346 e. The van der Waals surface area contributed by atoms with Gasteiger partial charge in [0.25, 0.3) is 0 Å². The van der Waals surface area contributed by atoms with Crippen LogP contribution in [-0.4, -0.2) is 33.1 Å². The molecule has 0 saturated carbocycles. The number of carbonyl (C=O) groups excluding carboxylic acids is 1. The van der Waals surface area contributed by atoms with Crippen LogP contribution < -0.4 is 5.73 Å². The van der Waals surface area contributed by atoms with Crippen LogP contribution in [0.3, 0.4) is 0 Å². The maximum atomic E-state index is 11.6. The van der Waals surface area contributed by atoms with Gasteiger partial charge in [-0.2, -0.15) is 10.1 Å². The lowest BCUT2D eigenvalue weighted by atomic mass is 10.1. The number of urea groups is 1. The van der Waals surface area contributed by atoms with Crippen LogP contribution in [0.1, 0.15) is 17.3 Å². The molecule has 1 unspecified atom stereocenters. The van der Waals surface area contributed by atoms with Crippen LogP contribution in [0.5, 0.6) is 0 Å². The van der Waals surface area contributed by atoms with Gasteiger partial charge >= 0.3 is 6.03 Å². The van der Waals surface area contributed by atoms with Crippen LogP contribution in [-0.2, 0) is 7.05 Å². The second kappa shape index (κ2) is 3.94. The first-order valence-corrected chi connectivity index (χ1v) is 5.13. The second-order valence-electron chi connectivity index (χ2n) is 3.86. The summed E-state index contributed by atoms with van der Waals surface area (Å²) in [6, 6.07) is -0.791. The number of aryl methyl sites for hydroxylation is 1. The molecule has 1 aromatic heterocycles. The van der Waals surface area contributed by atoms with Crippen LogP contribution in [0.2, 0.25) is 0 Å². The molecule has 17 heavy (non-hydrogen) atoms. The summed E-state index contributed by atoms with van der Waals surface area (Å²) in [5.74, 6) is 2.70. The Morgan fingerprint density at radius 2 is 2.35 bits per heavy atom. The van der Waals surface area contributed by atoms with Gasteiger partial charge in [0.1, 0.15) is 11.9 Å². The highest BCUT2D eigenvalue weighted by molar-refractivity contribution is 6.03. The minimum atomic E-state index is -0.396. The Balaban J connectivity index is 2.43. The number of hydrogen-bond acceptors (Lipinski definition) is 3. The zero-order valence-corrected chi connectivity index (χ0v) is 9.71. The zero-order chi connectivity index (χ0) is 12.6. The summed E-state index contributed by atoms with van der Waals surface area (Å²) >= 11 is 0. The van der Waals surface area contributed by atoms with Crippen molar-refractivity contribution in [2.75, 3.05) is 6.54 Å². The Morgan fingerprint density at radius 1 is 1.65 bits per heavy atom. The number of amides is 2. The van der Waals surface area contributed by atoms with Crippen LogP contribution >= 0.6 is 0 Å². The van der Waals surface area contributed by atoms with Gasteiger partial charge in [-0.15, -0.1) is 6.42 Å². The summed E-state index contributed by atoms with van der Waals surface area (Å²) < 4.78 is 1.72. The number of rotatable bonds is 2. The molecule has 0 radical (unpaired) electrons. The SMILES string of the molecule is C#CCN1C(=O)N=C(N)C1c1cnn(C)c1C. The van der Waals surface area contributed by atoms with Crippen LogP contribution in [0.25, 0.3) is 0 Å². The van der Waals surface area contributed by atoms with Gasteiger partial charge in [0.2, 0.25) is 0 Å². The zero-order valence-electron chi connectivity index (χ0n) is 9.71. The summed E-state index contributed by atoms with van der Waals surface area (Å²) in [6.45, 7) is 2.09. The molecule has 2 heterocycles. The summed E-state index contributed by atoms with van der Waals surface area (Å²) in [5.41, 5.74) is 7.57. The Labute approximate surface area is 99.1 Å². The molecule has 6 nitrogen and oxygen atoms in total. The first-order valence-electron chi connectivity index (χ1n) is 5.13. The minimum absolute atomic E-state index is 0.183. The molecule has 1 aliphatic heterocycles. The van der Waals surface area contributed by atoms with E-state index in [-0.39, 0.29) is 12.4 Å². The fourth-order valence-corrected chi connectivity index (χ4v) is 1.87. The predicted octanol–water partition coefficient (Wildman–Crippen LogP) is 0.196. The average Bonchev–Trinajstić information content (AvgIpc) is 2.72. The lowest BCUT2D eigenvalue weighted by molar-refractivity contribution is 0.213. The monoisotopic (exact) mass is 231 g/mol. The van der Waals surface area contributed by atoms with Gasteiger partial charge in [-0.25, -0.2) is 4.79 Å². The van der Waals surface area contributed by atoms with Crippen LogP contribution in [0.4, 0.5) is 4.79 Å². The van der Waals surface area contributed by atoms with E-state index >= 15 is 0 Å². The third-order valence-electron chi connectivity index (χ3n) is 2.89. The molecule has 1 aromatic rings. The number of hydrogen-bond donors (Lipinski definition) is 1. The van der Waals surface area contributed by atoms with E-state index in [0.717, 1.165) is 11.3 Å². The minimum Gasteiger partial charge on any atom is -0.385 e. The van der Waals surface area contributed by atoms with Crippen molar-refractivity contribution in [3.05, 3.63) is 17.5 Å². The van der Waals surface area contributed by atoms with Gasteiger partial charge in [0.15, 0.2) is 0 Å². The lowest BCUT2D eigenvalue weighted by Gasteiger charge is -2.21. The van der Waals surface area contributed by atoms with Crippen LogP contribution in [0.15, 0.2) is 11.2 Å². The summed E-state index contributed by atoms with van der Waals surface area (Å²) in [5, 5.41) is 4.13. The quantitative estimate of drug-likeness (QED) is 0.738. The molecule has 0 aromatic carbocycles. The van der Waals surface area contributed by atoms with E-state index in [1.54, 1.807) is 10.9 Å². The first kappa shape index (κ1) is 11.2. The number of amidine groups is 1. The van der Waals surface area contributed by atoms with Gasteiger partial charge in [0.05, 0.1) is 12.7 Å². The van der Waals surface area contributed by atoms with Crippen molar-refractivity contribution in [1.82, 2.24) is 14.7 Å². The van der Waals surface area contributed by atoms with Crippen molar-refractivity contribution in [2.45, 2.75) is 13.0 Å². The molecule has 1 atom stereocenters. The van der Waals surface area contributed by atoms with E-state index in [1.165, 1.54) is 4.90 Å². The normalized spacial score (nSPS) is 19.4. The number of terminal acetylenes is 1. The van der Waals surface area contributed by atoms with Crippen molar-refractivity contribution in [2.24, 2.45) is 17.8 Å². The molecule has 0 bridgehead atoms. The molecule has 6 heteroatoms. The number of aromatic nitrogens is 2. The molecular formula is C11H13N5O. The van der Waals surface area contributed by atoms with Crippen molar-refractivity contribution < 1.29 is 4.79 Å². The second-order valence-corrected chi connectivity index (χ2v) is 3.86. The highest BCUT2D eigenvalue weighted by Crippen LogP contribution is 2.28. The fraction of sp³-hybridized carbons (Fsp3) is 0.364. The number of carbonyl (C=O) groups is 1. The Bertz CT molecular complexity index is 537. The van der Waals surface area contributed by atoms with Crippen LogP contribution in [0, 0.1) is 19.3 Å². The largest absolute Gasteiger partial charge is 0.385 e. The standard InChI is InChI=1S/C11H13N5O/c1-4-5-16-9(10(12)14-11(16)17)8-6-13-15(3)7(8)2/h1,6,9H,5H2,2-3H3,(H2,12,14,17). The number of nitrogens with zero attached hydrogens (tertiary/aromatic N) is 4. The molecule has 0 fully saturated rings. The average molecular weight is 231 g/mol. The third kappa shape index (κ3) is 1.65. The van der Waals surface area contributed by atoms with Crippen molar-refractivity contribution >= 4 is 11.9 Å². The van der Waals surface area contributed by atoms with E-state index in [1.807, 2.05) is 14.0 Å². The summed E-state index contributed by atoms with van der Waals surface area (Å²) in [4.78, 5) is 16.8. The van der Waals surface area contributed by atoms with Gasteiger partial charge in [-0.3, -0.25) is 9.58 Å². The third-order valence-corrected chi connectivity index (χ3v) is 2.89. The van der Waals surface area contributed by atoms with E-state index in [4.69, 9.17) is 12.2 Å². The fourth-order valence-electron chi connectivity index (χ4n) is 1.87. The van der Waals surface area contributed by atoms with Gasteiger partial charge < -0.3 is 5.73 Å². The van der Waals surface area contributed by atoms with Crippen molar-refractivity contribution in [3.63, 3.8) is 0 Å². The molecule has 0 spiro atoms. The summed E-state index contributed by atoms with van der Waals surface area (Å²) in [6.07, 6.45) is 6.93. The van der Waals surface area contributed by atoms with E-state index < -0.39 is 12.1 Å². The van der Waals surface area contributed by atoms with E-state index in [2.05, 4.69) is 16.0 Å². The Hall–Kier alpha value is -2.29. The molecule has 0 saturated heterocycles. The molecule has 2 amide bonds. The number of aliphatic imine (C=N–C) groups is 1. The Morgan fingerprint density at radius 3 is 2.88 bits per heavy atom. The maximum Gasteiger partial charge on any atom is 0.346 e. The summed E-state index contributed by atoms with van der Waals surface area (Å²) in [7, 11) is 1.83. The molecule has 0 aliphatic carbocycles. The number of nitrogens with two attached hydrogens (primary N) is 1. The topological polar surface area (TPSA) is 76.5 Å². The molecule has 2 N–H and O–H groups in total. The van der Waals surface area contributed by atoms with Gasteiger partial charge in [-0.05, 0) is 6.92 Å². The molecule has 1 aliphatic rings. The highest BCUT2D eigenvalue weighted by atomic mass is 16.2. The van der Waals surface area contributed by atoms with Gasteiger partial charge in [0, 0.05) is 18.3 Å².